The summed E-state index contributed by atoms with van der Waals surface area (Å²) in [5.74, 6) is -0.463. The molecule has 3 aromatic rings. The highest BCUT2D eigenvalue weighted by Gasteiger charge is 2.28. The molecule has 4 rings (SSSR count). The molecule has 1 fully saturated rings. The van der Waals surface area contributed by atoms with Crippen molar-refractivity contribution in [2.75, 3.05) is 11.9 Å². The Kier molecular flexibility index (Phi) is 5.80. The normalized spacial score (nSPS) is 15.1. The highest BCUT2D eigenvalue weighted by molar-refractivity contribution is 6.00. The topological polar surface area (TPSA) is 115 Å². The van der Waals surface area contributed by atoms with Crippen LogP contribution in [0.25, 0.3) is 16.9 Å². The third-order valence-electron chi connectivity index (χ3n) is 5.71. The van der Waals surface area contributed by atoms with Crippen LogP contribution in [0.2, 0.25) is 0 Å². The second-order valence-corrected chi connectivity index (χ2v) is 8.63. The van der Waals surface area contributed by atoms with Crippen molar-refractivity contribution >= 4 is 17.1 Å². The van der Waals surface area contributed by atoms with Gasteiger partial charge in [0.1, 0.15) is 12.2 Å². The van der Waals surface area contributed by atoms with E-state index in [1.165, 1.54) is 26.2 Å². The third kappa shape index (κ3) is 4.41. The fourth-order valence-electron chi connectivity index (χ4n) is 3.45. The minimum Gasteiger partial charge on any atom is -0.387 e. The van der Waals surface area contributed by atoms with Crippen LogP contribution in [0.5, 0.6) is 0 Å². The number of halogens is 1. The second-order valence-electron chi connectivity index (χ2n) is 8.63. The van der Waals surface area contributed by atoms with Gasteiger partial charge in [-0.3, -0.25) is 9.78 Å². The highest BCUT2D eigenvalue weighted by atomic mass is 19.1. The smallest absolute Gasteiger partial charge is 0.255 e. The number of nitrogens with one attached hydrogen (secondary N) is 2. The second kappa shape index (κ2) is 8.55. The van der Waals surface area contributed by atoms with Crippen molar-refractivity contribution in [3.63, 3.8) is 0 Å². The molecule has 3 N–H and O–H groups in total. The zero-order valence-electron chi connectivity index (χ0n) is 18.0. The van der Waals surface area contributed by atoms with Gasteiger partial charge in [-0.1, -0.05) is 0 Å². The number of hydrogen-bond acceptors (Lipinski definition) is 6. The van der Waals surface area contributed by atoms with Gasteiger partial charge in [0, 0.05) is 12.2 Å². The Bertz CT molecular complexity index is 1190. The lowest BCUT2D eigenvalue weighted by Gasteiger charge is -2.28. The summed E-state index contributed by atoms with van der Waals surface area (Å²) >= 11 is 0. The van der Waals surface area contributed by atoms with E-state index in [9.17, 15) is 14.3 Å². The Hall–Kier alpha value is -3.51. The maximum absolute atomic E-state index is 14.1. The molecule has 0 radical (unpaired) electrons. The standard InChI is InChI=1S/C23H25FN6O2/c1-23(2,32)21(24)13-27-22(31)17-12-26-19(9-18(17)29-15-4-3-5-15)20-7-6-16-8-14(10-25)11-28-30(16)20/h6-9,11-12,15,21,32H,3-5,13H2,1-2H3,(H,26,29)(H,27,31). The summed E-state index contributed by atoms with van der Waals surface area (Å²) in [7, 11) is 0. The molecular formula is C23H25FN6O2. The molecule has 0 aromatic carbocycles. The average Bonchev–Trinajstić information content (AvgIpc) is 3.16. The number of aromatic nitrogens is 3. The van der Waals surface area contributed by atoms with Gasteiger partial charge in [0.25, 0.3) is 5.91 Å². The number of amides is 1. The van der Waals surface area contributed by atoms with Crippen LogP contribution in [0.3, 0.4) is 0 Å². The van der Waals surface area contributed by atoms with E-state index in [-0.39, 0.29) is 12.6 Å². The van der Waals surface area contributed by atoms with Crippen LogP contribution in [0, 0.1) is 11.3 Å². The van der Waals surface area contributed by atoms with E-state index in [1.807, 2.05) is 12.1 Å². The first-order chi connectivity index (χ1) is 15.3. The first kappa shape index (κ1) is 21.7. The molecule has 8 nitrogen and oxygen atoms in total. The lowest BCUT2D eigenvalue weighted by Crippen LogP contribution is -2.42. The molecule has 3 heterocycles. The lowest BCUT2D eigenvalue weighted by molar-refractivity contribution is -0.00177. The van der Waals surface area contributed by atoms with Crippen LogP contribution in [0.15, 0.2) is 36.7 Å². The van der Waals surface area contributed by atoms with E-state index in [0.717, 1.165) is 30.5 Å². The number of pyridine rings is 1. The van der Waals surface area contributed by atoms with Gasteiger partial charge in [0.05, 0.1) is 52.1 Å². The van der Waals surface area contributed by atoms with Crippen LogP contribution in [-0.4, -0.2) is 50.0 Å². The van der Waals surface area contributed by atoms with Crippen molar-refractivity contribution in [2.45, 2.75) is 50.9 Å². The summed E-state index contributed by atoms with van der Waals surface area (Å²) in [4.78, 5) is 17.2. The van der Waals surface area contributed by atoms with Crippen molar-refractivity contribution in [3.8, 4) is 17.5 Å². The molecule has 1 aliphatic carbocycles. The van der Waals surface area contributed by atoms with Gasteiger partial charge in [0.2, 0.25) is 0 Å². The van der Waals surface area contributed by atoms with E-state index >= 15 is 0 Å². The fourth-order valence-corrected chi connectivity index (χ4v) is 3.45. The maximum Gasteiger partial charge on any atom is 0.255 e. The first-order valence-corrected chi connectivity index (χ1v) is 10.6. The molecule has 1 saturated carbocycles. The number of nitriles is 1. The molecule has 0 bridgehead atoms. The first-order valence-electron chi connectivity index (χ1n) is 10.6. The number of carbonyl (C=O) groups excluding carboxylic acids is 1. The Morgan fingerprint density at radius 1 is 1.38 bits per heavy atom. The number of carbonyl (C=O) groups is 1. The molecular weight excluding hydrogens is 411 g/mol. The lowest BCUT2D eigenvalue weighted by atomic mass is 9.92. The van der Waals surface area contributed by atoms with Crippen LogP contribution in [-0.2, 0) is 0 Å². The third-order valence-corrected chi connectivity index (χ3v) is 5.71. The molecule has 9 heteroatoms. The summed E-state index contributed by atoms with van der Waals surface area (Å²) in [5, 5.41) is 29.1. The number of anilines is 1. The van der Waals surface area contributed by atoms with Gasteiger partial charge in [0.15, 0.2) is 0 Å². The van der Waals surface area contributed by atoms with Gasteiger partial charge < -0.3 is 15.7 Å². The van der Waals surface area contributed by atoms with E-state index in [4.69, 9.17) is 5.26 Å². The predicted molar refractivity (Wildman–Crippen MR) is 118 cm³/mol. The quantitative estimate of drug-likeness (QED) is 0.524. The highest BCUT2D eigenvalue weighted by Crippen LogP contribution is 2.29. The van der Waals surface area contributed by atoms with Gasteiger partial charge in [-0.25, -0.2) is 8.91 Å². The van der Waals surface area contributed by atoms with Gasteiger partial charge >= 0.3 is 0 Å². The molecule has 0 spiro atoms. The summed E-state index contributed by atoms with van der Waals surface area (Å²) in [6, 6.07) is 9.57. The molecule has 3 aromatic heterocycles. The van der Waals surface area contributed by atoms with Crippen molar-refractivity contribution in [2.24, 2.45) is 0 Å². The number of nitrogens with zero attached hydrogens (tertiary/aromatic N) is 4. The molecule has 1 aliphatic rings. The maximum atomic E-state index is 14.1. The molecule has 32 heavy (non-hydrogen) atoms. The SMILES string of the molecule is CC(C)(O)C(F)CNC(=O)c1cnc(-c2ccc3cc(C#N)cnn23)cc1NC1CCC1. The van der Waals surface area contributed by atoms with Gasteiger partial charge in [-0.05, 0) is 57.4 Å². The number of aliphatic hydroxyl groups is 1. The Morgan fingerprint density at radius 3 is 2.81 bits per heavy atom. The predicted octanol–water partition coefficient (Wildman–Crippen LogP) is 3.07. The average molecular weight is 436 g/mol. The minimum atomic E-state index is -1.60. The molecule has 1 atom stereocenters. The monoisotopic (exact) mass is 436 g/mol. The zero-order valence-corrected chi connectivity index (χ0v) is 18.0. The van der Waals surface area contributed by atoms with E-state index in [0.29, 0.717) is 22.5 Å². The van der Waals surface area contributed by atoms with Crippen molar-refractivity contribution in [1.82, 2.24) is 19.9 Å². The number of fused-ring (bicyclic) bond motifs is 1. The summed E-state index contributed by atoms with van der Waals surface area (Å²) in [5.41, 5.74) is 1.93. The van der Waals surface area contributed by atoms with E-state index in [2.05, 4.69) is 26.8 Å². The molecule has 1 unspecified atom stereocenters. The zero-order chi connectivity index (χ0) is 22.9. The van der Waals surface area contributed by atoms with E-state index in [1.54, 1.807) is 16.6 Å². The molecule has 1 amide bonds. The number of rotatable bonds is 7. The number of hydrogen-bond donors (Lipinski definition) is 3. The molecule has 166 valence electrons. The summed E-state index contributed by atoms with van der Waals surface area (Å²) in [6.07, 6.45) is 4.50. The molecule has 0 aliphatic heterocycles. The van der Waals surface area contributed by atoms with Crippen LogP contribution in [0.4, 0.5) is 10.1 Å². The molecule has 0 saturated heterocycles. The van der Waals surface area contributed by atoms with Gasteiger partial charge in [-0.2, -0.15) is 10.4 Å². The van der Waals surface area contributed by atoms with Crippen molar-refractivity contribution in [3.05, 3.63) is 47.8 Å². The Balaban J connectivity index is 1.64. The van der Waals surface area contributed by atoms with E-state index < -0.39 is 17.7 Å². The van der Waals surface area contributed by atoms with Crippen LogP contribution in [0.1, 0.15) is 49.0 Å². The van der Waals surface area contributed by atoms with Crippen molar-refractivity contribution < 1.29 is 14.3 Å². The summed E-state index contributed by atoms with van der Waals surface area (Å²) in [6.45, 7) is 2.42. The van der Waals surface area contributed by atoms with Crippen LogP contribution < -0.4 is 10.6 Å². The largest absolute Gasteiger partial charge is 0.387 e. The Labute approximate surface area is 185 Å². The fraction of sp³-hybridized carbons (Fsp3) is 0.391. The van der Waals surface area contributed by atoms with Crippen molar-refractivity contribution in [1.29, 1.82) is 5.26 Å². The van der Waals surface area contributed by atoms with Crippen LogP contribution >= 0.6 is 0 Å². The summed E-state index contributed by atoms with van der Waals surface area (Å²) < 4.78 is 15.8. The minimum absolute atomic E-state index is 0.266. The van der Waals surface area contributed by atoms with Gasteiger partial charge in [-0.15, -0.1) is 0 Å². The number of alkyl halides is 1. The Morgan fingerprint density at radius 2 is 2.16 bits per heavy atom.